The maximum atomic E-state index is 13.0. The van der Waals surface area contributed by atoms with Crippen LogP contribution in [0.15, 0.2) is 30.3 Å². The summed E-state index contributed by atoms with van der Waals surface area (Å²) in [7, 11) is 2.81. The molecular weight excluding hydrogens is 376 g/mol. The van der Waals surface area contributed by atoms with Gasteiger partial charge in [0.1, 0.15) is 0 Å². The Morgan fingerprint density at radius 1 is 1.17 bits per heavy atom. The summed E-state index contributed by atoms with van der Waals surface area (Å²) in [5.74, 6) is -1.39. The minimum absolute atomic E-state index is 0.0775. The van der Waals surface area contributed by atoms with Gasteiger partial charge in [-0.15, -0.1) is 0 Å². The zero-order valence-electron chi connectivity index (χ0n) is 13.1. The van der Waals surface area contributed by atoms with Crippen LogP contribution in [0.5, 0.6) is 11.5 Å². The van der Waals surface area contributed by atoms with Crippen LogP contribution in [0.25, 0.3) is 0 Å². The molecule has 0 unspecified atom stereocenters. The molecule has 0 aliphatic heterocycles. The van der Waals surface area contributed by atoms with Crippen LogP contribution < -0.4 is 13.9 Å². The van der Waals surface area contributed by atoms with Crippen LogP contribution in [0.3, 0.4) is 0 Å². The molecule has 7 heteroatoms. The van der Waals surface area contributed by atoms with Gasteiger partial charge in [0, 0.05) is 0 Å². The fraction of sp³-hybridized carbons (Fsp3) is 0.176. The third kappa shape index (κ3) is 3.59. The first-order valence-electron chi connectivity index (χ1n) is 6.90. The molecule has 24 heavy (non-hydrogen) atoms. The number of carboxylic acid groups (broad SMARTS) is 1. The zero-order chi connectivity index (χ0) is 17.9. The number of ether oxygens (including phenoxy) is 2. The van der Waals surface area contributed by atoms with Crippen molar-refractivity contribution in [2.45, 2.75) is 6.42 Å². The molecule has 2 aromatic carbocycles. The third-order valence-electron chi connectivity index (χ3n) is 3.48. The summed E-state index contributed by atoms with van der Waals surface area (Å²) in [6.07, 6.45) is -0.166. The summed E-state index contributed by atoms with van der Waals surface area (Å²) in [4.78, 5) is 24.0. The number of Topliss-reactive ketones (excluding diaryl/α,β-unsaturated/α-hetero) is 1. The second-order valence-electron chi connectivity index (χ2n) is 4.93. The number of hydrogen-bond donors (Lipinski definition) is 1. The number of methoxy groups -OCH3 is 2. The molecule has 0 atom stereocenters. The van der Waals surface area contributed by atoms with Crippen molar-refractivity contribution < 1.29 is 28.6 Å². The molecular formula is C17H14FGeO5. The van der Waals surface area contributed by atoms with Crippen LogP contribution in [-0.4, -0.2) is 47.6 Å². The molecule has 0 spiro atoms. The predicted octanol–water partition coefficient (Wildman–Crippen LogP) is 1.76. The van der Waals surface area contributed by atoms with Crippen molar-refractivity contribution in [3.63, 3.8) is 0 Å². The second-order valence-corrected chi connectivity index (χ2v) is 5.98. The molecule has 2 aromatic rings. The molecule has 5 nitrogen and oxygen atoms in total. The maximum absolute atomic E-state index is 13.0. The molecule has 0 bridgehead atoms. The average molecular weight is 390 g/mol. The Balaban J connectivity index is 2.50. The number of benzene rings is 2. The molecule has 0 saturated carbocycles. The molecule has 123 valence electrons. The number of rotatable bonds is 6. The van der Waals surface area contributed by atoms with E-state index in [2.05, 4.69) is 0 Å². The number of hydrogen-bond acceptors (Lipinski definition) is 4. The van der Waals surface area contributed by atoms with Crippen LogP contribution in [0, 0.1) is 5.82 Å². The van der Waals surface area contributed by atoms with Gasteiger partial charge in [-0.25, -0.2) is 0 Å². The summed E-state index contributed by atoms with van der Waals surface area (Å²) >= 11 is 1.68. The first-order chi connectivity index (χ1) is 11.4. The van der Waals surface area contributed by atoms with E-state index in [1.165, 1.54) is 44.6 Å². The first kappa shape index (κ1) is 18.0. The van der Waals surface area contributed by atoms with Gasteiger partial charge in [0.05, 0.1) is 0 Å². The number of carboxylic acids is 1. The van der Waals surface area contributed by atoms with Crippen molar-refractivity contribution in [2.24, 2.45) is 0 Å². The molecule has 0 aliphatic carbocycles. The average Bonchev–Trinajstić information content (AvgIpc) is 2.55. The number of ketones is 1. The van der Waals surface area contributed by atoms with Gasteiger partial charge in [-0.2, -0.15) is 0 Å². The summed E-state index contributed by atoms with van der Waals surface area (Å²) in [5, 5.41) is 9.50. The molecule has 0 saturated heterocycles. The van der Waals surface area contributed by atoms with Crippen molar-refractivity contribution in [1.29, 1.82) is 0 Å². The van der Waals surface area contributed by atoms with Gasteiger partial charge >= 0.3 is 146 Å². The van der Waals surface area contributed by atoms with Crippen molar-refractivity contribution in [3.8, 4) is 11.5 Å². The van der Waals surface area contributed by atoms with E-state index in [1.54, 1.807) is 16.5 Å². The van der Waals surface area contributed by atoms with Crippen LogP contribution in [-0.2, 0) is 6.42 Å². The predicted molar refractivity (Wildman–Crippen MR) is 86.3 cm³/mol. The van der Waals surface area contributed by atoms with Gasteiger partial charge in [0.15, 0.2) is 0 Å². The Morgan fingerprint density at radius 3 is 2.29 bits per heavy atom. The van der Waals surface area contributed by atoms with E-state index in [-0.39, 0.29) is 29.1 Å². The second kappa shape index (κ2) is 7.48. The first-order valence-corrected chi connectivity index (χ1v) is 7.95. The van der Waals surface area contributed by atoms with Gasteiger partial charge in [-0.1, -0.05) is 0 Å². The van der Waals surface area contributed by atoms with E-state index in [9.17, 15) is 19.1 Å². The van der Waals surface area contributed by atoms with Crippen molar-refractivity contribution in [1.82, 2.24) is 0 Å². The molecule has 0 aliphatic rings. The molecule has 2 rings (SSSR count). The monoisotopic (exact) mass is 391 g/mol. The van der Waals surface area contributed by atoms with Crippen LogP contribution in [0.4, 0.5) is 4.39 Å². The van der Waals surface area contributed by atoms with Crippen LogP contribution >= 0.6 is 0 Å². The summed E-state index contributed by atoms with van der Waals surface area (Å²) < 4.78 is 23.9. The Bertz CT molecular complexity index is 787. The zero-order valence-corrected chi connectivity index (χ0v) is 15.2. The van der Waals surface area contributed by atoms with Crippen molar-refractivity contribution >= 4 is 32.7 Å². The Labute approximate surface area is 146 Å². The van der Waals surface area contributed by atoms with E-state index >= 15 is 0 Å². The molecule has 0 aromatic heterocycles. The number of halogens is 1. The molecule has 1 N–H and O–H groups in total. The summed E-state index contributed by atoms with van der Waals surface area (Å²) in [6.45, 7) is 0. The van der Waals surface area contributed by atoms with Gasteiger partial charge in [-0.05, 0) is 0 Å². The van der Waals surface area contributed by atoms with Crippen molar-refractivity contribution in [3.05, 3.63) is 52.8 Å². The number of aromatic carboxylic acids is 1. The van der Waals surface area contributed by atoms with E-state index in [0.29, 0.717) is 15.7 Å². The number of carbonyl (C=O) groups is 2. The van der Waals surface area contributed by atoms with E-state index in [1.807, 2.05) is 0 Å². The molecule has 0 amide bonds. The Hall–Kier alpha value is -2.35. The Kier molecular flexibility index (Phi) is 5.61. The quantitative estimate of drug-likeness (QED) is 0.602. The summed E-state index contributed by atoms with van der Waals surface area (Å²) in [5.41, 5.74) is 0.494. The number of carbonyl (C=O) groups excluding carboxylic acids is 1. The molecule has 0 heterocycles. The fourth-order valence-electron chi connectivity index (χ4n) is 2.34. The van der Waals surface area contributed by atoms with Gasteiger partial charge in [0.2, 0.25) is 0 Å². The summed E-state index contributed by atoms with van der Waals surface area (Å²) in [6, 6.07) is 6.60. The van der Waals surface area contributed by atoms with Crippen LogP contribution in [0.1, 0.15) is 26.3 Å². The van der Waals surface area contributed by atoms with Crippen LogP contribution in [0.2, 0.25) is 0 Å². The topological polar surface area (TPSA) is 72.8 Å². The normalized spacial score (nSPS) is 10.3. The third-order valence-corrected chi connectivity index (χ3v) is 4.48. The SMILES string of the molecule is COc1cc(CC(=O)c2ccc(F)cc2)c(C(=O)O)c(OC)[c]1[Ge]. The van der Waals surface area contributed by atoms with E-state index in [4.69, 9.17) is 9.47 Å². The van der Waals surface area contributed by atoms with E-state index in [0.717, 1.165) is 0 Å². The minimum atomic E-state index is -1.19. The van der Waals surface area contributed by atoms with E-state index < -0.39 is 11.8 Å². The Morgan fingerprint density at radius 2 is 1.79 bits per heavy atom. The van der Waals surface area contributed by atoms with Gasteiger partial charge in [-0.3, -0.25) is 0 Å². The van der Waals surface area contributed by atoms with Gasteiger partial charge < -0.3 is 0 Å². The molecule has 3 radical (unpaired) electrons. The standard InChI is InChI=1S/C17H14FGeO5/c1-23-13-8-10(14(17(21)22)16(24-2)15(13)19)7-12(20)9-3-5-11(18)6-4-9/h3-6,8H,7H2,1-2H3,(H,21,22). The molecule has 0 fully saturated rings. The van der Waals surface area contributed by atoms with Gasteiger partial charge in [0.25, 0.3) is 0 Å². The fourth-order valence-corrected chi connectivity index (χ4v) is 3.18. The van der Waals surface area contributed by atoms with Crippen molar-refractivity contribution in [2.75, 3.05) is 14.2 Å².